The standard InChI is InChI=1S/C58H37NOS/c1-2-11-41-34-44(23-22-38(41)10-1)39-24-29-47(30-25-39)59(48-31-26-40(27-32-48)45-28-33-56-54(37-45)51-16-3-5-20-55(51)60-56)49-15-8-13-43(36-49)42-12-7-14-46(35-42)50-18-9-19-53-52-17-4-6-21-57(52)61-58(50)53/h1-37H. The second-order valence-corrected chi connectivity index (χ2v) is 16.8. The first-order valence-corrected chi connectivity index (χ1v) is 21.5. The SMILES string of the molecule is c1cc(-c2cccc(N(c3ccc(-c4ccc5ccccc5c4)cc3)c3ccc(-c4ccc5oc6ccccc6c5c4)cc3)c2)cc(-c2cccc3c2sc2ccccc23)c1. The van der Waals surface area contributed by atoms with E-state index in [1.54, 1.807) is 0 Å². The highest BCUT2D eigenvalue weighted by Gasteiger charge is 2.17. The first-order valence-electron chi connectivity index (χ1n) is 20.7. The van der Waals surface area contributed by atoms with E-state index in [2.05, 4.69) is 217 Å². The number of rotatable bonds is 7. The van der Waals surface area contributed by atoms with Crippen LogP contribution in [0.5, 0.6) is 0 Å². The van der Waals surface area contributed by atoms with Crippen LogP contribution in [0.2, 0.25) is 0 Å². The largest absolute Gasteiger partial charge is 0.456 e. The number of benzene rings is 10. The highest BCUT2D eigenvalue weighted by Crippen LogP contribution is 2.42. The Kier molecular flexibility index (Phi) is 8.39. The maximum atomic E-state index is 6.14. The van der Waals surface area contributed by atoms with Crippen LogP contribution in [0.15, 0.2) is 229 Å². The average molecular weight is 796 g/mol. The van der Waals surface area contributed by atoms with Crippen LogP contribution in [0, 0.1) is 0 Å². The second kappa shape index (κ2) is 14.5. The van der Waals surface area contributed by atoms with Gasteiger partial charge in [0, 0.05) is 48.0 Å². The van der Waals surface area contributed by atoms with E-state index in [9.17, 15) is 0 Å². The van der Waals surface area contributed by atoms with Gasteiger partial charge in [-0.05, 0) is 128 Å². The van der Waals surface area contributed by atoms with Crippen LogP contribution < -0.4 is 4.90 Å². The molecule has 0 unspecified atom stereocenters. The summed E-state index contributed by atoms with van der Waals surface area (Å²) >= 11 is 1.88. The number of thiophene rings is 1. The highest BCUT2D eigenvalue weighted by molar-refractivity contribution is 7.26. The number of hydrogen-bond acceptors (Lipinski definition) is 3. The predicted molar refractivity (Wildman–Crippen MR) is 261 cm³/mol. The normalized spacial score (nSPS) is 11.6. The molecule has 0 radical (unpaired) electrons. The van der Waals surface area contributed by atoms with Crippen LogP contribution in [-0.2, 0) is 0 Å². The molecule has 0 saturated heterocycles. The Morgan fingerprint density at radius 2 is 0.885 bits per heavy atom. The van der Waals surface area contributed by atoms with Crippen LogP contribution in [0.4, 0.5) is 17.1 Å². The Hall–Kier alpha value is -7.72. The molecule has 10 aromatic carbocycles. The summed E-state index contributed by atoms with van der Waals surface area (Å²) in [6, 6.07) is 81.3. The first kappa shape index (κ1) is 35.2. The molecule has 61 heavy (non-hydrogen) atoms. The summed E-state index contributed by atoms with van der Waals surface area (Å²) in [5.74, 6) is 0. The van der Waals surface area contributed by atoms with Crippen molar-refractivity contribution in [3.05, 3.63) is 224 Å². The van der Waals surface area contributed by atoms with Crippen LogP contribution in [0.1, 0.15) is 0 Å². The Balaban J connectivity index is 0.937. The summed E-state index contributed by atoms with van der Waals surface area (Å²) in [5, 5.41) is 7.39. The molecule has 3 heteroatoms. The van der Waals surface area contributed by atoms with Gasteiger partial charge in [0.05, 0.1) is 0 Å². The lowest BCUT2D eigenvalue weighted by molar-refractivity contribution is 0.669. The second-order valence-electron chi connectivity index (χ2n) is 15.7. The fourth-order valence-corrected chi connectivity index (χ4v) is 10.2. The van der Waals surface area contributed by atoms with Crippen molar-refractivity contribution in [2.24, 2.45) is 0 Å². The molecule has 0 atom stereocenters. The van der Waals surface area contributed by atoms with Gasteiger partial charge in [-0.1, -0.05) is 152 Å². The zero-order valence-electron chi connectivity index (χ0n) is 33.1. The number of furan rings is 1. The lowest BCUT2D eigenvalue weighted by atomic mass is 9.97. The third kappa shape index (κ3) is 6.26. The summed E-state index contributed by atoms with van der Waals surface area (Å²) in [6.45, 7) is 0. The van der Waals surface area contributed by atoms with Crippen molar-refractivity contribution in [3.8, 4) is 44.5 Å². The van der Waals surface area contributed by atoms with E-state index < -0.39 is 0 Å². The van der Waals surface area contributed by atoms with Crippen molar-refractivity contribution < 1.29 is 4.42 Å². The number of anilines is 3. The zero-order chi connectivity index (χ0) is 40.3. The maximum absolute atomic E-state index is 6.14. The van der Waals surface area contributed by atoms with Crippen molar-refractivity contribution >= 4 is 81.3 Å². The minimum atomic E-state index is 0.905. The molecule has 0 spiro atoms. The lowest BCUT2D eigenvalue weighted by Crippen LogP contribution is -2.10. The van der Waals surface area contributed by atoms with Crippen molar-refractivity contribution in [1.29, 1.82) is 0 Å². The van der Waals surface area contributed by atoms with Gasteiger partial charge in [0.15, 0.2) is 0 Å². The summed E-state index contributed by atoms with van der Waals surface area (Å²) in [5.41, 5.74) is 14.6. The molecule has 0 bridgehead atoms. The highest BCUT2D eigenvalue weighted by atomic mass is 32.1. The van der Waals surface area contributed by atoms with Crippen LogP contribution in [-0.4, -0.2) is 0 Å². The smallest absolute Gasteiger partial charge is 0.135 e. The Morgan fingerprint density at radius 3 is 1.70 bits per heavy atom. The Bertz CT molecular complexity index is 3590. The van der Waals surface area contributed by atoms with Gasteiger partial charge < -0.3 is 9.32 Å². The summed E-state index contributed by atoms with van der Waals surface area (Å²) in [7, 11) is 0. The van der Waals surface area contributed by atoms with Crippen molar-refractivity contribution in [2.75, 3.05) is 4.90 Å². The fraction of sp³-hybridized carbons (Fsp3) is 0. The molecular formula is C58H37NOS. The molecule has 2 nitrogen and oxygen atoms in total. The monoisotopic (exact) mass is 795 g/mol. The third-order valence-corrected chi connectivity index (χ3v) is 13.3. The number of fused-ring (bicyclic) bond motifs is 7. The zero-order valence-corrected chi connectivity index (χ0v) is 33.9. The summed E-state index contributed by atoms with van der Waals surface area (Å²) in [4.78, 5) is 2.37. The maximum Gasteiger partial charge on any atom is 0.135 e. The van der Waals surface area contributed by atoms with Gasteiger partial charge in [0.1, 0.15) is 11.2 Å². The Labute approximate surface area is 357 Å². The molecule has 0 aliphatic carbocycles. The molecule has 2 heterocycles. The molecule has 12 rings (SSSR count). The van der Waals surface area contributed by atoms with Crippen LogP contribution >= 0.6 is 11.3 Å². The van der Waals surface area contributed by atoms with Gasteiger partial charge in [-0.2, -0.15) is 0 Å². The van der Waals surface area contributed by atoms with Gasteiger partial charge in [0.2, 0.25) is 0 Å². The minimum Gasteiger partial charge on any atom is -0.456 e. The molecule has 0 fully saturated rings. The van der Waals surface area contributed by atoms with E-state index >= 15 is 0 Å². The molecular weight excluding hydrogens is 759 g/mol. The van der Waals surface area contributed by atoms with Gasteiger partial charge in [-0.15, -0.1) is 11.3 Å². The summed E-state index contributed by atoms with van der Waals surface area (Å²) < 4.78 is 8.79. The lowest BCUT2D eigenvalue weighted by Gasteiger charge is -2.26. The third-order valence-electron chi connectivity index (χ3n) is 12.1. The topological polar surface area (TPSA) is 16.4 Å². The fourth-order valence-electron chi connectivity index (χ4n) is 8.99. The van der Waals surface area contributed by atoms with E-state index in [1.165, 1.54) is 58.8 Å². The van der Waals surface area contributed by atoms with Gasteiger partial charge in [-0.3, -0.25) is 0 Å². The first-order chi connectivity index (χ1) is 30.2. The van der Waals surface area contributed by atoms with E-state index in [0.29, 0.717) is 0 Å². The van der Waals surface area contributed by atoms with Crippen LogP contribution in [0.25, 0.3) is 97.4 Å². The molecule has 0 amide bonds. The van der Waals surface area contributed by atoms with E-state index in [1.807, 2.05) is 23.5 Å². The molecule has 2 aromatic heterocycles. The van der Waals surface area contributed by atoms with Gasteiger partial charge in [0.25, 0.3) is 0 Å². The van der Waals surface area contributed by atoms with Crippen molar-refractivity contribution in [1.82, 2.24) is 0 Å². The minimum absolute atomic E-state index is 0.905. The van der Waals surface area contributed by atoms with Crippen LogP contribution in [0.3, 0.4) is 0 Å². The molecule has 0 aliphatic heterocycles. The van der Waals surface area contributed by atoms with E-state index in [4.69, 9.17) is 4.42 Å². The average Bonchev–Trinajstić information content (AvgIpc) is 3.90. The molecule has 0 aliphatic rings. The van der Waals surface area contributed by atoms with Gasteiger partial charge in [-0.25, -0.2) is 0 Å². The Morgan fingerprint density at radius 1 is 0.311 bits per heavy atom. The van der Waals surface area contributed by atoms with Crippen molar-refractivity contribution in [3.63, 3.8) is 0 Å². The van der Waals surface area contributed by atoms with E-state index in [-0.39, 0.29) is 0 Å². The van der Waals surface area contributed by atoms with E-state index in [0.717, 1.165) is 55.7 Å². The molecule has 12 aromatic rings. The van der Waals surface area contributed by atoms with Gasteiger partial charge >= 0.3 is 0 Å². The predicted octanol–water partition coefficient (Wildman–Crippen LogP) is 17.2. The number of nitrogens with zero attached hydrogens (tertiary/aromatic N) is 1. The van der Waals surface area contributed by atoms with Crippen molar-refractivity contribution in [2.45, 2.75) is 0 Å². The number of para-hydroxylation sites is 1. The number of hydrogen-bond donors (Lipinski definition) is 0. The summed E-state index contributed by atoms with van der Waals surface area (Å²) in [6.07, 6.45) is 0. The molecule has 286 valence electrons. The molecule has 0 N–H and O–H groups in total. The quantitative estimate of drug-likeness (QED) is 0.160. The molecule has 0 saturated carbocycles.